The van der Waals surface area contributed by atoms with Gasteiger partial charge in [-0.2, -0.15) is 0 Å². The van der Waals surface area contributed by atoms with Crippen LogP contribution in [-0.4, -0.2) is 55.5 Å². The fraction of sp³-hybridized carbons (Fsp3) is 0.526. The molecule has 1 saturated heterocycles. The molecule has 0 N–H and O–H groups in total. The minimum Gasteiger partial charge on any atom is -0.463 e. The molecule has 1 fully saturated rings. The molecule has 1 aromatic rings. The summed E-state index contributed by atoms with van der Waals surface area (Å²) < 4.78 is 27.2. The highest BCUT2D eigenvalue weighted by Gasteiger charge is 2.46. The molecular formula is C19H24O8. The zero-order chi connectivity index (χ0) is 19.8. The van der Waals surface area contributed by atoms with Crippen LogP contribution in [0.5, 0.6) is 0 Å². The molecule has 0 aromatic heterocycles. The second-order valence-corrected chi connectivity index (χ2v) is 6.16. The van der Waals surface area contributed by atoms with Gasteiger partial charge in [-0.1, -0.05) is 30.3 Å². The standard InChI is InChI=1S/C19H24O8/c1-12(20)23-10-16-18(26-13(2)21)19(27-14(3)22)17(11-25-16)24-9-15-7-5-4-6-8-15/h4-8,16-19H,9-11H2,1-3H3. The lowest BCUT2D eigenvalue weighted by atomic mass is 9.99. The third-order valence-corrected chi connectivity index (χ3v) is 3.89. The summed E-state index contributed by atoms with van der Waals surface area (Å²) in [6.07, 6.45) is -3.25. The molecule has 1 aromatic carbocycles. The van der Waals surface area contributed by atoms with Crippen LogP contribution < -0.4 is 0 Å². The number of esters is 3. The van der Waals surface area contributed by atoms with E-state index < -0.39 is 42.3 Å². The predicted octanol–water partition coefficient (Wildman–Crippen LogP) is 1.40. The summed E-state index contributed by atoms with van der Waals surface area (Å²) in [5, 5.41) is 0. The average molecular weight is 380 g/mol. The van der Waals surface area contributed by atoms with Gasteiger partial charge < -0.3 is 23.7 Å². The Hall–Kier alpha value is -2.45. The van der Waals surface area contributed by atoms with Crippen LogP contribution in [0.2, 0.25) is 0 Å². The number of carbonyl (C=O) groups is 3. The minimum absolute atomic E-state index is 0.0917. The van der Waals surface area contributed by atoms with E-state index >= 15 is 0 Å². The Kier molecular flexibility index (Phi) is 7.75. The normalized spacial score (nSPS) is 24.7. The van der Waals surface area contributed by atoms with Crippen LogP contribution in [0, 0.1) is 0 Å². The first-order valence-electron chi connectivity index (χ1n) is 8.61. The van der Waals surface area contributed by atoms with E-state index in [9.17, 15) is 14.4 Å². The highest BCUT2D eigenvalue weighted by Crippen LogP contribution is 2.25. The van der Waals surface area contributed by atoms with Crippen molar-refractivity contribution in [3.63, 3.8) is 0 Å². The molecule has 8 heteroatoms. The third kappa shape index (κ3) is 6.65. The Bertz CT molecular complexity index is 644. The van der Waals surface area contributed by atoms with Gasteiger partial charge in [-0.05, 0) is 5.56 Å². The summed E-state index contributed by atoms with van der Waals surface area (Å²) >= 11 is 0. The van der Waals surface area contributed by atoms with Crippen LogP contribution in [-0.2, 0) is 44.7 Å². The second-order valence-electron chi connectivity index (χ2n) is 6.16. The molecule has 0 aliphatic carbocycles. The van der Waals surface area contributed by atoms with Gasteiger partial charge in [0.1, 0.15) is 18.8 Å². The van der Waals surface area contributed by atoms with Crippen molar-refractivity contribution in [2.75, 3.05) is 13.2 Å². The van der Waals surface area contributed by atoms with E-state index in [4.69, 9.17) is 23.7 Å². The topological polar surface area (TPSA) is 97.4 Å². The number of benzene rings is 1. The quantitative estimate of drug-likeness (QED) is 0.517. The summed E-state index contributed by atoms with van der Waals surface area (Å²) in [5.41, 5.74) is 0.935. The Morgan fingerprint density at radius 3 is 2.19 bits per heavy atom. The summed E-state index contributed by atoms with van der Waals surface area (Å²) in [4.78, 5) is 34.2. The minimum atomic E-state index is -0.958. The highest BCUT2D eigenvalue weighted by atomic mass is 16.6. The Morgan fingerprint density at radius 2 is 1.59 bits per heavy atom. The maximum absolute atomic E-state index is 11.6. The van der Waals surface area contributed by atoms with Gasteiger partial charge in [0.15, 0.2) is 12.2 Å². The van der Waals surface area contributed by atoms with Gasteiger partial charge in [0.05, 0.1) is 13.2 Å². The first-order chi connectivity index (χ1) is 12.9. The fourth-order valence-corrected chi connectivity index (χ4v) is 2.76. The van der Waals surface area contributed by atoms with Crippen LogP contribution in [0.1, 0.15) is 26.3 Å². The number of hydrogen-bond acceptors (Lipinski definition) is 8. The van der Waals surface area contributed by atoms with Gasteiger partial charge in [0.2, 0.25) is 0 Å². The third-order valence-electron chi connectivity index (χ3n) is 3.89. The molecule has 1 aliphatic heterocycles. The molecule has 0 spiro atoms. The molecule has 0 amide bonds. The lowest BCUT2D eigenvalue weighted by molar-refractivity contribution is -0.234. The first kappa shape index (κ1) is 20.9. The van der Waals surface area contributed by atoms with E-state index in [0.29, 0.717) is 0 Å². The van der Waals surface area contributed by atoms with E-state index in [1.54, 1.807) is 0 Å². The van der Waals surface area contributed by atoms with Crippen molar-refractivity contribution < 1.29 is 38.1 Å². The number of carbonyl (C=O) groups excluding carboxylic acids is 3. The molecule has 0 radical (unpaired) electrons. The van der Waals surface area contributed by atoms with Gasteiger partial charge in [-0.25, -0.2) is 0 Å². The van der Waals surface area contributed by atoms with Crippen molar-refractivity contribution in [1.82, 2.24) is 0 Å². The summed E-state index contributed by atoms with van der Waals surface area (Å²) in [7, 11) is 0. The molecule has 27 heavy (non-hydrogen) atoms. The SMILES string of the molecule is CC(=O)OCC1OCC(OCc2ccccc2)C(OC(C)=O)C1OC(C)=O. The first-order valence-corrected chi connectivity index (χ1v) is 8.61. The Labute approximate surface area is 157 Å². The van der Waals surface area contributed by atoms with Crippen LogP contribution >= 0.6 is 0 Å². The highest BCUT2D eigenvalue weighted by molar-refractivity contribution is 5.67. The Balaban J connectivity index is 2.14. The van der Waals surface area contributed by atoms with Crippen molar-refractivity contribution in [3.8, 4) is 0 Å². The second kappa shape index (κ2) is 10.0. The summed E-state index contributed by atoms with van der Waals surface area (Å²) in [6.45, 7) is 4.00. The van der Waals surface area contributed by atoms with E-state index in [-0.39, 0.29) is 19.8 Å². The van der Waals surface area contributed by atoms with Crippen molar-refractivity contribution in [2.45, 2.75) is 51.8 Å². The van der Waals surface area contributed by atoms with Gasteiger partial charge in [-0.3, -0.25) is 14.4 Å². The molecule has 0 bridgehead atoms. The lowest BCUT2D eigenvalue weighted by Crippen LogP contribution is -2.58. The lowest BCUT2D eigenvalue weighted by Gasteiger charge is -2.40. The van der Waals surface area contributed by atoms with Crippen molar-refractivity contribution in [2.24, 2.45) is 0 Å². The van der Waals surface area contributed by atoms with E-state index in [2.05, 4.69) is 0 Å². The van der Waals surface area contributed by atoms with Gasteiger partial charge in [-0.15, -0.1) is 0 Å². The summed E-state index contributed by atoms with van der Waals surface area (Å²) in [6, 6.07) is 9.47. The maximum Gasteiger partial charge on any atom is 0.303 e. The van der Waals surface area contributed by atoms with Crippen LogP contribution in [0.3, 0.4) is 0 Å². The van der Waals surface area contributed by atoms with Crippen LogP contribution in [0.15, 0.2) is 30.3 Å². The number of ether oxygens (including phenoxy) is 5. The van der Waals surface area contributed by atoms with E-state index in [0.717, 1.165) is 5.56 Å². The van der Waals surface area contributed by atoms with E-state index in [1.165, 1.54) is 20.8 Å². The maximum atomic E-state index is 11.6. The van der Waals surface area contributed by atoms with Crippen LogP contribution in [0.4, 0.5) is 0 Å². The molecule has 8 nitrogen and oxygen atoms in total. The molecule has 4 atom stereocenters. The molecule has 4 unspecified atom stereocenters. The molecule has 148 valence electrons. The zero-order valence-corrected chi connectivity index (χ0v) is 15.6. The zero-order valence-electron chi connectivity index (χ0n) is 15.6. The van der Waals surface area contributed by atoms with Gasteiger partial charge >= 0.3 is 17.9 Å². The van der Waals surface area contributed by atoms with Crippen molar-refractivity contribution in [1.29, 1.82) is 0 Å². The molecular weight excluding hydrogens is 356 g/mol. The average Bonchev–Trinajstić information content (AvgIpc) is 2.61. The fourth-order valence-electron chi connectivity index (χ4n) is 2.76. The predicted molar refractivity (Wildman–Crippen MR) is 92.5 cm³/mol. The van der Waals surface area contributed by atoms with Gasteiger partial charge in [0.25, 0.3) is 0 Å². The smallest absolute Gasteiger partial charge is 0.303 e. The number of rotatable bonds is 7. The van der Waals surface area contributed by atoms with Gasteiger partial charge in [0, 0.05) is 20.8 Å². The van der Waals surface area contributed by atoms with Crippen molar-refractivity contribution >= 4 is 17.9 Å². The van der Waals surface area contributed by atoms with Crippen LogP contribution in [0.25, 0.3) is 0 Å². The molecule has 1 aliphatic rings. The Morgan fingerprint density at radius 1 is 0.963 bits per heavy atom. The van der Waals surface area contributed by atoms with Crippen molar-refractivity contribution in [3.05, 3.63) is 35.9 Å². The number of hydrogen-bond donors (Lipinski definition) is 0. The van der Waals surface area contributed by atoms with E-state index in [1.807, 2.05) is 30.3 Å². The monoisotopic (exact) mass is 380 g/mol. The molecule has 1 heterocycles. The largest absolute Gasteiger partial charge is 0.463 e. The molecule has 2 rings (SSSR count). The summed E-state index contributed by atoms with van der Waals surface area (Å²) in [5.74, 6) is -1.61. The molecule has 0 saturated carbocycles.